The van der Waals surface area contributed by atoms with Crippen molar-refractivity contribution in [2.24, 2.45) is 5.92 Å². The molecule has 5 nitrogen and oxygen atoms in total. The molecule has 1 aliphatic rings. The van der Waals surface area contributed by atoms with Gasteiger partial charge in [0.05, 0.1) is 29.1 Å². The average molecular weight is 444 g/mol. The number of nitrogens with two attached hydrogens (primary N) is 1. The maximum absolute atomic E-state index is 13.1. The quantitative estimate of drug-likeness (QED) is 0.601. The van der Waals surface area contributed by atoms with Gasteiger partial charge >= 0.3 is 6.18 Å². The lowest BCUT2D eigenvalue weighted by Gasteiger charge is -2.39. The number of hydrogen-bond donors (Lipinski definition) is 1. The molecule has 1 amide bonds. The summed E-state index contributed by atoms with van der Waals surface area (Å²) in [6.45, 7) is 0.998. The molecule has 32 heavy (non-hydrogen) atoms. The van der Waals surface area contributed by atoms with Crippen LogP contribution in [0.3, 0.4) is 0 Å². The van der Waals surface area contributed by atoms with Crippen LogP contribution in [0.15, 0.2) is 54.7 Å². The second-order valence-corrected chi connectivity index (χ2v) is 7.82. The van der Waals surface area contributed by atoms with E-state index in [-0.39, 0.29) is 24.1 Å². The Balaban J connectivity index is 1.34. The number of likely N-dealkylation sites (tertiary alicyclic amines) is 1. The normalized spacial score (nSPS) is 14.3. The Morgan fingerprint density at radius 1 is 1.06 bits per heavy atom. The first-order chi connectivity index (χ1) is 15.2. The van der Waals surface area contributed by atoms with Crippen LogP contribution in [0, 0.1) is 11.7 Å². The minimum atomic E-state index is -4.41. The lowest BCUT2D eigenvalue weighted by atomic mass is 9.93. The SMILES string of the molecule is Nc1ccc(-c2ccc(F)cc2)nc1CC(=O)N1CC(Cc2ccc(C(F)(F)F)cn2)C1. The molecule has 0 spiro atoms. The summed E-state index contributed by atoms with van der Waals surface area (Å²) in [5.41, 5.74) is 7.93. The molecular weight excluding hydrogens is 424 g/mol. The lowest BCUT2D eigenvalue weighted by molar-refractivity contribution is -0.138. The first-order valence-electron chi connectivity index (χ1n) is 10.0. The number of nitrogens with zero attached hydrogens (tertiary/aromatic N) is 3. The van der Waals surface area contributed by atoms with Crippen LogP contribution in [0.1, 0.15) is 17.0 Å². The van der Waals surface area contributed by atoms with Gasteiger partial charge in [-0.05, 0) is 60.9 Å². The number of aromatic nitrogens is 2. The van der Waals surface area contributed by atoms with Crippen molar-refractivity contribution in [1.29, 1.82) is 0 Å². The smallest absolute Gasteiger partial charge is 0.397 e. The van der Waals surface area contributed by atoms with Crippen LogP contribution in [0.25, 0.3) is 11.3 Å². The van der Waals surface area contributed by atoms with Crippen molar-refractivity contribution in [1.82, 2.24) is 14.9 Å². The molecule has 2 N–H and O–H groups in total. The van der Waals surface area contributed by atoms with E-state index >= 15 is 0 Å². The van der Waals surface area contributed by atoms with Crippen LogP contribution in [-0.2, 0) is 23.8 Å². The highest BCUT2D eigenvalue weighted by Crippen LogP contribution is 2.29. The highest BCUT2D eigenvalue weighted by atomic mass is 19.4. The fourth-order valence-corrected chi connectivity index (χ4v) is 3.60. The molecule has 2 aromatic heterocycles. The Hall–Kier alpha value is -3.49. The predicted molar refractivity (Wildman–Crippen MR) is 111 cm³/mol. The van der Waals surface area contributed by atoms with Gasteiger partial charge in [0.1, 0.15) is 5.82 Å². The third-order valence-corrected chi connectivity index (χ3v) is 5.43. The standard InChI is InChI=1S/C23H20F4N4O/c24-17-4-1-15(2-5-17)20-8-7-19(28)21(30-20)10-22(32)31-12-14(13-31)9-18-6-3-16(11-29-18)23(25,26)27/h1-8,11,14H,9-10,12-13,28H2. The summed E-state index contributed by atoms with van der Waals surface area (Å²) >= 11 is 0. The number of carbonyl (C=O) groups excluding carboxylic acids is 1. The molecule has 166 valence electrons. The Morgan fingerprint density at radius 3 is 2.41 bits per heavy atom. The Bertz CT molecular complexity index is 1110. The molecule has 0 unspecified atom stereocenters. The third kappa shape index (κ3) is 4.87. The van der Waals surface area contributed by atoms with Crippen molar-refractivity contribution < 1.29 is 22.4 Å². The van der Waals surface area contributed by atoms with E-state index in [0.29, 0.717) is 47.8 Å². The number of alkyl halides is 3. The van der Waals surface area contributed by atoms with Gasteiger partial charge in [0.2, 0.25) is 5.91 Å². The van der Waals surface area contributed by atoms with E-state index < -0.39 is 11.7 Å². The van der Waals surface area contributed by atoms with Crippen LogP contribution in [-0.4, -0.2) is 33.9 Å². The molecule has 0 bridgehead atoms. The van der Waals surface area contributed by atoms with Gasteiger partial charge in [0.25, 0.3) is 0 Å². The van der Waals surface area contributed by atoms with Gasteiger partial charge in [-0.2, -0.15) is 13.2 Å². The van der Waals surface area contributed by atoms with Crippen molar-refractivity contribution in [2.45, 2.75) is 19.0 Å². The number of hydrogen-bond acceptors (Lipinski definition) is 4. The first kappa shape index (κ1) is 21.7. The molecule has 0 radical (unpaired) electrons. The Labute approximate surface area is 181 Å². The van der Waals surface area contributed by atoms with E-state index in [1.54, 1.807) is 29.2 Å². The number of rotatable bonds is 5. The molecule has 3 heterocycles. The van der Waals surface area contributed by atoms with E-state index in [9.17, 15) is 22.4 Å². The van der Waals surface area contributed by atoms with Crippen LogP contribution >= 0.6 is 0 Å². The largest absolute Gasteiger partial charge is 0.417 e. The zero-order valence-corrected chi connectivity index (χ0v) is 16.9. The summed E-state index contributed by atoms with van der Waals surface area (Å²) in [5, 5.41) is 0. The summed E-state index contributed by atoms with van der Waals surface area (Å²) in [6.07, 6.45) is -3.04. The highest BCUT2D eigenvalue weighted by molar-refractivity contribution is 5.81. The lowest BCUT2D eigenvalue weighted by Crippen LogP contribution is -2.51. The monoisotopic (exact) mass is 444 g/mol. The van der Waals surface area contributed by atoms with Crippen molar-refractivity contribution in [3.63, 3.8) is 0 Å². The van der Waals surface area contributed by atoms with Gasteiger partial charge in [-0.25, -0.2) is 4.39 Å². The molecule has 0 aliphatic carbocycles. The van der Waals surface area contributed by atoms with Crippen LogP contribution in [0.2, 0.25) is 0 Å². The molecule has 1 aromatic carbocycles. The van der Waals surface area contributed by atoms with Crippen molar-refractivity contribution in [3.05, 3.63) is 77.5 Å². The maximum atomic E-state index is 13.1. The predicted octanol–water partition coefficient (Wildman–Crippen LogP) is 4.13. The number of carbonyl (C=O) groups is 1. The van der Waals surface area contributed by atoms with E-state index in [1.165, 1.54) is 18.2 Å². The van der Waals surface area contributed by atoms with Crippen LogP contribution < -0.4 is 5.73 Å². The van der Waals surface area contributed by atoms with E-state index in [2.05, 4.69) is 9.97 Å². The summed E-state index contributed by atoms with van der Waals surface area (Å²) in [7, 11) is 0. The second-order valence-electron chi connectivity index (χ2n) is 7.82. The molecule has 1 saturated heterocycles. The fraction of sp³-hybridized carbons (Fsp3) is 0.261. The number of pyridine rings is 2. The van der Waals surface area contributed by atoms with Crippen molar-refractivity contribution in [2.75, 3.05) is 18.8 Å². The molecular formula is C23H20F4N4O. The zero-order chi connectivity index (χ0) is 22.9. The van der Waals surface area contributed by atoms with E-state index in [4.69, 9.17) is 5.73 Å². The summed E-state index contributed by atoms with van der Waals surface area (Å²) in [6, 6.07) is 11.7. The summed E-state index contributed by atoms with van der Waals surface area (Å²) in [4.78, 5) is 22.7. The van der Waals surface area contributed by atoms with E-state index in [0.717, 1.165) is 12.3 Å². The minimum absolute atomic E-state index is 0.0338. The average Bonchev–Trinajstić information content (AvgIpc) is 2.72. The third-order valence-electron chi connectivity index (χ3n) is 5.43. The molecule has 0 atom stereocenters. The van der Waals surface area contributed by atoms with Gasteiger partial charge in [-0.15, -0.1) is 0 Å². The fourth-order valence-electron chi connectivity index (χ4n) is 3.60. The topological polar surface area (TPSA) is 72.1 Å². The van der Waals surface area contributed by atoms with Gasteiger partial charge in [0, 0.05) is 30.5 Å². The van der Waals surface area contributed by atoms with Crippen LogP contribution in [0.5, 0.6) is 0 Å². The van der Waals surface area contributed by atoms with Gasteiger partial charge in [-0.1, -0.05) is 0 Å². The number of benzene rings is 1. The van der Waals surface area contributed by atoms with Crippen LogP contribution in [0.4, 0.5) is 23.2 Å². The number of anilines is 1. The Morgan fingerprint density at radius 2 is 1.78 bits per heavy atom. The van der Waals surface area contributed by atoms with Gasteiger partial charge in [-0.3, -0.25) is 14.8 Å². The first-order valence-corrected chi connectivity index (χ1v) is 10.0. The van der Waals surface area contributed by atoms with Crippen molar-refractivity contribution in [3.8, 4) is 11.3 Å². The Kier molecular flexibility index (Phi) is 5.82. The van der Waals surface area contributed by atoms with Gasteiger partial charge < -0.3 is 10.6 Å². The molecule has 3 aromatic rings. The summed E-state index contributed by atoms with van der Waals surface area (Å²) < 4.78 is 51.0. The van der Waals surface area contributed by atoms with E-state index in [1.807, 2.05) is 0 Å². The van der Waals surface area contributed by atoms with Gasteiger partial charge in [0.15, 0.2) is 0 Å². The zero-order valence-electron chi connectivity index (χ0n) is 16.9. The minimum Gasteiger partial charge on any atom is -0.397 e. The van der Waals surface area contributed by atoms with Crippen molar-refractivity contribution >= 4 is 11.6 Å². The maximum Gasteiger partial charge on any atom is 0.417 e. The number of amides is 1. The molecule has 9 heteroatoms. The second kappa shape index (κ2) is 8.57. The molecule has 0 saturated carbocycles. The number of nitrogen functional groups attached to an aromatic ring is 1. The molecule has 1 fully saturated rings. The molecule has 4 rings (SSSR count). The highest BCUT2D eigenvalue weighted by Gasteiger charge is 2.33. The molecule has 1 aliphatic heterocycles. The summed E-state index contributed by atoms with van der Waals surface area (Å²) in [5.74, 6) is -0.338. The number of halogens is 4.